The Kier molecular flexibility index (Phi) is 5.26. The number of nitrogens with zero attached hydrogens (tertiary/aromatic N) is 4. The van der Waals surface area contributed by atoms with Gasteiger partial charge in [0.2, 0.25) is 0 Å². The number of fused-ring (bicyclic) bond motifs is 1. The molecule has 0 unspecified atom stereocenters. The average molecular weight is 448 g/mol. The van der Waals surface area contributed by atoms with Gasteiger partial charge < -0.3 is 5.32 Å². The highest BCUT2D eigenvalue weighted by atomic mass is 79.9. The number of aromatic nitrogens is 2. The number of hydrogen-bond acceptors (Lipinski definition) is 6. The summed E-state index contributed by atoms with van der Waals surface area (Å²) >= 11 is 3.46. The van der Waals surface area contributed by atoms with Gasteiger partial charge in [-0.2, -0.15) is 0 Å². The van der Waals surface area contributed by atoms with Crippen molar-refractivity contribution in [2.75, 3.05) is 5.32 Å². The number of nitro groups is 1. The SMILES string of the molecule is O=[N+]([O-])c1cccc(C=Nc2ccc3ncnc(Nc4cccc(Br)c4)c3c2)c1. The summed E-state index contributed by atoms with van der Waals surface area (Å²) in [6.07, 6.45) is 3.11. The minimum Gasteiger partial charge on any atom is -0.340 e. The Balaban J connectivity index is 1.66. The summed E-state index contributed by atoms with van der Waals surface area (Å²) < 4.78 is 0.961. The van der Waals surface area contributed by atoms with Crippen molar-refractivity contribution < 1.29 is 4.92 Å². The third-order valence-electron chi connectivity index (χ3n) is 4.15. The van der Waals surface area contributed by atoms with Crippen molar-refractivity contribution in [2.24, 2.45) is 4.99 Å². The van der Waals surface area contributed by atoms with Gasteiger partial charge in [-0.15, -0.1) is 0 Å². The van der Waals surface area contributed by atoms with Crippen LogP contribution in [0.15, 0.2) is 82.5 Å². The largest absolute Gasteiger partial charge is 0.340 e. The molecular formula is C21H14BrN5O2. The molecule has 0 bridgehead atoms. The second-order valence-corrected chi connectivity index (χ2v) is 7.09. The van der Waals surface area contributed by atoms with E-state index in [1.165, 1.54) is 18.5 Å². The molecule has 4 aromatic rings. The summed E-state index contributed by atoms with van der Waals surface area (Å²) in [6.45, 7) is 0. The van der Waals surface area contributed by atoms with Crippen LogP contribution in [0, 0.1) is 10.1 Å². The van der Waals surface area contributed by atoms with Gasteiger partial charge in [0.05, 0.1) is 16.1 Å². The molecule has 0 aliphatic heterocycles. The van der Waals surface area contributed by atoms with Crippen molar-refractivity contribution >= 4 is 55.9 Å². The molecular weight excluding hydrogens is 434 g/mol. The van der Waals surface area contributed by atoms with E-state index in [0.717, 1.165) is 21.1 Å². The van der Waals surface area contributed by atoms with Crippen LogP contribution in [0.4, 0.5) is 22.9 Å². The van der Waals surface area contributed by atoms with E-state index in [-0.39, 0.29) is 5.69 Å². The molecule has 0 aliphatic carbocycles. The lowest BCUT2D eigenvalue weighted by atomic mass is 10.2. The molecule has 0 radical (unpaired) electrons. The Morgan fingerprint density at radius 3 is 2.72 bits per heavy atom. The summed E-state index contributed by atoms with van der Waals surface area (Å²) in [5.41, 5.74) is 3.05. The fraction of sp³-hybridized carbons (Fsp3) is 0. The number of nitrogens with one attached hydrogen (secondary N) is 1. The standard InChI is InChI=1S/C21H14BrN5O2/c22-15-4-2-5-17(10-15)26-21-19-11-16(7-8-20(19)24-13-25-21)23-12-14-3-1-6-18(9-14)27(28)29/h1-13H,(H,24,25,26). The molecule has 0 spiro atoms. The van der Waals surface area contributed by atoms with Crippen LogP contribution in [0.5, 0.6) is 0 Å². The van der Waals surface area contributed by atoms with Gasteiger partial charge in [0.25, 0.3) is 5.69 Å². The van der Waals surface area contributed by atoms with Gasteiger partial charge >= 0.3 is 0 Å². The normalized spacial score (nSPS) is 11.1. The second-order valence-electron chi connectivity index (χ2n) is 6.17. The molecule has 4 rings (SSSR count). The first kappa shape index (κ1) is 18.7. The summed E-state index contributed by atoms with van der Waals surface area (Å²) in [5.74, 6) is 0.667. The van der Waals surface area contributed by atoms with E-state index < -0.39 is 4.92 Å². The quantitative estimate of drug-likeness (QED) is 0.237. The zero-order valence-corrected chi connectivity index (χ0v) is 16.6. The maximum absolute atomic E-state index is 10.9. The predicted molar refractivity (Wildman–Crippen MR) is 117 cm³/mol. The highest BCUT2D eigenvalue weighted by molar-refractivity contribution is 9.10. The van der Waals surface area contributed by atoms with Gasteiger partial charge in [0, 0.05) is 33.9 Å². The molecule has 3 aromatic carbocycles. The number of hydrogen-bond donors (Lipinski definition) is 1. The van der Waals surface area contributed by atoms with Gasteiger partial charge in [0.15, 0.2) is 0 Å². The van der Waals surface area contributed by atoms with E-state index in [1.54, 1.807) is 18.3 Å². The fourth-order valence-electron chi connectivity index (χ4n) is 2.80. The van der Waals surface area contributed by atoms with E-state index in [1.807, 2.05) is 42.5 Å². The minimum atomic E-state index is -0.426. The Labute approximate surface area is 174 Å². The van der Waals surface area contributed by atoms with Crippen molar-refractivity contribution in [3.05, 3.63) is 93.2 Å². The number of benzene rings is 3. The highest BCUT2D eigenvalue weighted by Gasteiger charge is 2.07. The van der Waals surface area contributed by atoms with Crippen molar-refractivity contribution in [2.45, 2.75) is 0 Å². The van der Waals surface area contributed by atoms with Gasteiger partial charge in [-0.3, -0.25) is 15.1 Å². The molecule has 1 heterocycles. The predicted octanol–water partition coefficient (Wildman–Crippen LogP) is 5.79. The summed E-state index contributed by atoms with van der Waals surface area (Å²) in [6, 6.07) is 19.7. The van der Waals surface area contributed by atoms with Gasteiger partial charge in [0.1, 0.15) is 12.1 Å². The van der Waals surface area contributed by atoms with E-state index in [2.05, 4.69) is 36.2 Å². The Hall–Kier alpha value is -3.65. The maximum atomic E-state index is 10.9. The number of halogens is 1. The Bertz CT molecular complexity index is 1240. The second kappa shape index (κ2) is 8.15. The lowest BCUT2D eigenvalue weighted by Gasteiger charge is -2.09. The van der Waals surface area contributed by atoms with Crippen molar-refractivity contribution in [1.29, 1.82) is 0 Å². The first-order valence-corrected chi connectivity index (χ1v) is 9.44. The summed E-state index contributed by atoms with van der Waals surface area (Å²) in [5, 5.41) is 15.0. The molecule has 1 aromatic heterocycles. The van der Waals surface area contributed by atoms with Crippen LogP contribution in [-0.4, -0.2) is 21.1 Å². The van der Waals surface area contributed by atoms with Crippen LogP contribution in [0.25, 0.3) is 10.9 Å². The van der Waals surface area contributed by atoms with Crippen molar-refractivity contribution in [3.8, 4) is 0 Å². The maximum Gasteiger partial charge on any atom is 0.270 e. The van der Waals surface area contributed by atoms with Crippen LogP contribution in [0.1, 0.15) is 5.56 Å². The number of aliphatic imine (C=N–C) groups is 1. The molecule has 1 N–H and O–H groups in total. The number of anilines is 2. The van der Waals surface area contributed by atoms with Crippen LogP contribution < -0.4 is 5.32 Å². The number of rotatable bonds is 5. The molecule has 8 heteroatoms. The zero-order chi connectivity index (χ0) is 20.2. The molecule has 0 fully saturated rings. The van der Waals surface area contributed by atoms with Gasteiger partial charge in [-0.05, 0) is 42.0 Å². The van der Waals surface area contributed by atoms with Gasteiger partial charge in [-0.25, -0.2) is 9.97 Å². The summed E-state index contributed by atoms with van der Waals surface area (Å²) in [7, 11) is 0. The van der Waals surface area contributed by atoms with Crippen LogP contribution >= 0.6 is 15.9 Å². The monoisotopic (exact) mass is 447 g/mol. The Morgan fingerprint density at radius 2 is 1.90 bits per heavy atom. The van der Waals surface area contributed by atoms with Crippen LogP contribution in [0.3, 0.4) is 0 Å². The minimum absolute atomic E-state index is 0.0290. The summed E-state index contributed by atoms with van der Waals surface area (Å²) in [4.78, 5) is 23.6. The molecule has 142 valence electrons. The molecule has 0 aliphatic rings. The topological polar surface area (TPSA) is 93.3 Å². The van der Waals surface area contributed by atoms with Crippen LogP contribution in [0.2, 0.25) is 0 Å². The van der Waals surface area contributed by atoms with Crippen LogP contribution in [-0.2, 0) is 0 Å². The molecule has 0 saturated carbocycles. The number of nitro benzene ring substituents is 1. The lowest BCUT2D eigenvalue weighted by molar-refractivity contribution is -0.384. The van der Waals surface area contributed by atoms with Gasteiger partial charge in [-0.1, -0.05) is 34.1 Å². The molecule has 7 nitrogen and oxygen atoms in total. The highest BCUT2D eigenvalue weighted by Crippen LogP contribution is 2.28. The molecule has 0 saturated heterocycles. The van der Waals surface area contributed by atoms with Crippen molar-refractivity contribution in [3.63, 3.8) is 0 Å². The molecule has 0 amide bonds. The smallest absolute Gasteiger partial charge is 0.270 e. The van der Waals surface area contributed by atoms with E-state index in [4.69, 9.17) is 0 Å². The third kappa shape index (κ3) is 4.44. The third-order valence-corrected chi connectivity index (χ3v) is 4.64. The van der Waals surface area contributed by atoms with E-state index in [9.17, 15) is 10.1 Å². The molecule has 0 atom stereocenters. The Morgan fingerprint density at radius 1 is 1.03 bits per heavy atom. The fourth-order valence-corrected chi connectivity index (χ4v) is 3.19. The first-order valence-electron chi connectivity index (χ1n) is 8.64. The number of non-ortho nitro benzene ring substituents is 1. The zero-order valence-electron chi connectivity index (χ0n) is 15.0. The van der Waals surface area contributed by atoms with E-state index in [0.29, 0.717) is 17.1 Å². The first-order chi connectivity index (χ1) is 14.1. The van der Waals surface area contributed by atoms with Crippen molar-refractivity contribution in [1.82, 2.24) is 9.97 Å². The molecule has 29 heavy (non-hydrogen) atoms. The van der Waals surface area contributed by atoms with E-state index >= 15 is 0 Å². The lowest BCUT2D eigenvalue weighted by Crippen LogP contribution is -1.95. The average Bonchev–Trinajstić information content (AvgIpc) is 2.73.